The molecule has 0 saturated heterocycles. The lowest BCUT2D eigenvalue weighted by Gasteiger charge is -2.16. The first-order valence-corrected chi connectivity index (χ1v) is 5.74. The van der Waals surface area contributed by atoms with E-state index in [2.05, 4.69) is 18.2 Å². The summed E-state index contributed by atoms with van der Waals surface area (Å²) < 4.78 is 5.63. The standard InChI is InChI=1S/C14H18O2/c1-11-7-8-13(14(11)15)10-16-9-12-5-3-2-4-6-12/h2-7,13-15H,8-10H2,1H3/t13-,14+/m1/s1. The molecule has 0 amide bonds. The van der Waals surface area contributed by atoms with Crippen LogP contribution < -0.4 is 0 Å². The molecule has 0 spiro atoms. The lowest BCUT2D eigenvalue weighted by Crippen LogP contribution is -2.21. The third-order valence-corrected chi connectivity index (χ3v) is 3.10. The Morgan fingerprint density at radius 1 is 1.31 bits per heavy atom. The average Bonchev–Trinajstić information content (AvgIpc) is 2.62. The molecule has 0 fully saturated rings. The minimum absolute atomic E-state index is 0.240. The minimum Gasteiger partial charge on any atom is -0.388 e. The number of ether oxygens (including phenoxy) is 1. The molecule has 0 bridgehead atoms. The molecule has 0 radical (unpaired) electrons. The highest BCUT2D eigenvalue weighted by Crippen LogP contribution is 2.25. The molecule has 1 aliphatic rings. The van der Waals surface area contributed by atoms with Crippen molar-refractivity contribution in [1.29, 1.82) is 0 Å². The van der Waals surface area contributed by atoms with Crippen LogP contribution in [0.25, 0.3) is 0 Å². The molecule has 0 heterocycles. The van der Waals surface area contributed by atoms with Gasteiger partial charge in [-0.3, -0.25) is 0 Å². The van der Waals surface area contributed by atoms with E-state index in [0.29, 0.717) is 13.2 Å². The van der Waals surface area contributed by atoms with E-state index in [1.165, 1.54) is 5.56 Å². The van der Waals surface area contributed by atoms with Crippen molar-refractivity contribution in [1.82, 2.24) is 0 Å². The molecule has 1 aliphatic carbocycles. The predicted octanol–water partition coefficient (Wildman–Crippen LogP) is 2.53. The maximum Gasteiger partial charge on any atom is 0.0800 e. The van der Waals surface area contributed by atoms with Crippen LogP contribution in [0.2, 0.25) is 0 Å². The van der Waals surface area contributed by atoms with Crippen LogP contribution in [0.3, 0.4) is 0 Å². The maximum absolute atomic E-state index is 9.81. The molecular formula is C14H18O2. The smallest absolute Gasteiger partial charge is 0.0800 e. The van der Waals surface area contributed by atoms with Crippen molar-refractivity contribution in [3.63, 3.8) is 0 Å². The molecule has 0 unspecified atom stereocenters. The third kappa shape index (κ3) is 2.71. The minimum atomic E-state index is -0.309. The largest absolute Gasteiger partial charge is 0.388 e. The SMILES string of the molecule is CC1=CC[C@H](COCc2ccccc2)[C@H]1O. The topological polar surface area (TPSA) is 29.5 Å². The molecule has 16 heavy (non-hydrogen) atoms. The van der Waals surface area contributed by atoms with E-state index in [-0.39, 0.29) is 12.0 Å². The van der Waals surface area contributed by atoms with Gasteiger partial charge in [0.15, 0.2) is 0 Å². The second-order valence-electron chi connectivity index (χ2n) is 4.39. The number of rotatable bonds is 4. The van der Waals surface area contributed by atoms with Gasteiger partial charge in [-0.2, -0.15) is 0 Å². The van der Waals surface area contributed by atoms with Gasteiger partial charge in [-0.05, 0) is 24.5 Å². The van der Waals surface area contributed by atoms with Gasteiger partial charge in [-0.25, -0.2) is 0 Å². The summed E-state index contributed by atoms with van der Waals surface area (Å²) in [5.41, 5.74) is 2.26. The van der Waals surface area contributed by atoms with Gasteiger partial charge in [0.25, 0.3) is 0 Å². The van der Waals surface area contributed by atoms with Gasteiger partial charge < -0.3 is 9.84 Å². The molecule has 0 aromatic heterocycles. The third-order valence-electron chi connectivity index (χ3n) is 3.10. The highest BCUT2D eigenvalue weighted by molar-refractivity contribution is 5.15. The molecular weight excluding hydrogens is 200 g/mol. The summed E-state index contributed by atoms with van der Waals surface area (Å²) in [5.74, 6) is 0.240. The van der Waals surface area contributed by atoms with Crippen LogP contribution >= 0.6 is 0 Å². The van der Waals surface area contributed by atoms with Gasteiger partial charge in [-0.15, -0.1) is 0 Å². The molecule has 1 aromatic carbocycles. The summed E-state index contributed by atoms with van der Waals surface area (Å²) in [6.45, 7) is 3.23. The van der Waals surface area contributed by atoms with Crippen molar-refractivity contribution < 1.29 is 9.84 Å². The molecule has 1 N–H and O–H groups in total. The molecule has 0 saturated carbocycles. The highest BCUT2D eigenvalue weighted by Gasteiger charge is 2.24. The Labute approximate surface area is 96.6 Å². The van der Waals surface area contributed by atoms with E-state index < -0.39 is 0 Å². The zero-order chi connectivity index (χ0) is 11.4. The van der Waals surface area contributed by atoms with Gasteiger partial charge >= 0.3 is 0 Å². The van der Waals surface area contributed by atoms with E-state index >= 15 is 0 Å². The fourth-order valence-corrected chi connectivity index (χ4v) is 2.02. The highest BCUT2D eigenvalue weighted by atomic mass is 16.5. The van der Waals surface area contributed by atoms with Crippen molar-refractivity contribution >= 4 is 0 Å². The quantitative estimate of drug-likeness (QED) is 0.787. The Bertz CT molecular complexity index is 356. The van der Waals surface area contributed by atoms with Crippen LogP contribution in [0.5, 0.6) is 0 Å². The summed E-state index contributed by atoms with van der Waals surface area (Å²) in [6.07, 6.45) is 2.72. The van der Waals surface area contributed by atoms with Crippen molar-refractivity contribution in [2.75, 3.05) is 6.61 Å². The van der Waals surface area contributed by atoms with E-state index in [9.17, 15) is 5.11 Å². The van der Waals surface area contributed by atoms with Crippen LogP contribution in [0, 0.1) is 5.92 Å². The molecule has 2 rings (SSSR count). The fraction of sp³-hybridized carbons (Fsp3) is 0.429. The number of benzene rings is 1. The predicted molar refractivity (Wildman–Crippen MR) is 64.0 cm³/mol. The summed E-state index contributed by atoms with van der Waals surface area (Å²) in [7, 11) is 0. The van der Waals surface area contributed by atoms with Crippen molar-refractivity contribution in [3.05, 3.63) is 47.5 Å². The summed E-state index contributed by atoms with van der Waals surface area (Å²) in [6, 6.07) is 10.1. The van der Waals surface area contributed by atoms with Crippen molar-refractivity contribution in [2.24, 2.45) is 5.92 Å². The number of hydrogen-bond donors (Lipinski definition) is 1. The Morgan fingerprint density at radius 3 is 2.69 bits per heavy atom. The second kappa shape index (κ2) is 5.28. The van der Waals surface area contributed by atoms with Crippen molar-refractivity contribution in [3.8, 4) is 0 Å². The first-order chi connectivity index (χ1) is 7.77. The Morgan fingerprint density at radius 2 is 2.06 bits per heavy atom. The summed E-state index contributed by atoms with van der Waals surface area (Å²) >= 11 is 0. The first-order valence-electron chi connectivity index (χ1n) is 5.74. The number of allylic oxidation sites excluding steroid dienone is 1. The van der Waals surface area contributed by atoms with Crippen LogP contribution in [-0.2, 0) is 11.3 Å². The van der Waals surface area contributed by atoms with E-state index in [1.807, 2.05) is 25.1 Å². The fourth-order valence-electron chi connectivity index (χ4n) is 2.02. The first kappa shape index (κ1) is 11.4. The van der Waals surface area contributed by atoms with Crippen molar-refractivity contribution in [2.45, 2.75) is 26.1 Å². The molecule has 2 heteroatoms. The zero-order valence-corrected chi connectivity index (χ0v) is 9.60. The van der Waals surface area contributed by atoms with Gasteiger partial charge in [0.05, 0.1) is 19.3 Å². The van der Waals surface area contributed by atoms with Crippen LogP contribution in [-0.4, -0.2) is 17.8 Å². The van der Waals surface area contributed by atoms with E-state index in [4.69, 9.17) is 4.74 Å². The molecule has 0 aliphatic heterocycles. The number of aliphatic hydroxyl groups is 1. The average molecular weight is 218 g/mol. The number of aliphatic hydroxyl groups excluding tert-OH is 1. The van der Waals surface area contributed by atoms with Gasteiger partial charge in [-0.1, -0.05) is 36.4 Å². The molecule has 86 valence electrons. The second-order valence-corrected chi connectivity index (χ2v) is 4.39. The van der Waals surface area contributed by atoms with E-state index in [0.717, 1.165) is 12.0 Å². The Kier molecular flexibility index (Phi) is 3.75. The van der Waals surface area contributed by atoms with Gasteiger partial charge in [0.2, 0.25) is 0 Å². The van der Waals surface area contributed by atoms with Crippen LogP contribution in [0.4, 0.5) is 0 Å². The Balaban J connectivity index is 1.74. The zero-order valence-electron chi connectivity index (χ0n) is 9.60. The van der Waals surface area contributed by atoms with Gasteiger partial charge in [0.1, 0.15) is 0 Å². The molecule has 1 aromatic rings. The normalized spacial score (nSPS) is 24.5. The van der Waals surface area contributed by atoms with Gasteiger partial charge in [0, 0.05) is 5.92 Å². The van der Waals surface area contributed by atoms with E-state index in [1.54, 1.807) is 0 Å². The lowest BCUT2D eigenvalue weighted by atomic mass is 10.0. The number of hydrogen-bond acceptors (Lipinski definition) is 2. The monoisotopic (exact) mass is 218 g/mol. The van der Waals surface area contributed by atoms with Crippen LogP contribution in [0.1, 0.15) is 18.9 Å². The van der Waals surface area contributed by atoms with Crippen LogP contribution in [0.15, 0.2) is 42.0 Å². The summed E-state index contributed by atoms with van der Waals surface area (Å²) in [5, 5.41) is 9.81. The summed E-state index contributed by atoms with van der Waals surface area (Å²) in [4.78, 5) is 0. The molecule has 2 nitrogen and oxygen atoms in total. The lowest BCUT2D eigenvalue weighted by molar-refractivity contribution is 0.0434. The maximum atomic E-state index is 9.81. The Hall–Kier alpha value is -1.12. The molecule has 2 atom stereocenters.